The SMILES string of the molecule is COC(=O)C1CC(C(=O)NC2CC2)CN1C(=O)OC(C)(C)C. The highest BCUT2D eigenvalue weighted by atomic mass is 16.6. The molecule has 1 aliphatic heterocycles. The molecule has 1 heterocycles. The summed E-state index contributed by atoms with van der Waals surface area (Å²) in [7, 11) is 1.27. The minimum absolute atomic E-state index is 0.109. The second kappa shape index (κ2) is 6.14. The van der Waals surface area contributed by atoms with Crippen LogP contribution in [0, 0.1) is 5.92 Å². The van der Waals surface area contributed by atoms with Crippen molar-refractivity contribution >= 4 is 18.0 Å². The Morgan fingerprint density at radius 1 is 1.18 bits per heavy atom. The normalized spacial score (nSPS) is 24.8. The molecule has 2 aliphatic rings. The molecule has 2 amide bonds. The molecule has 1 saturated carbocycles. The van der Waals surface area contributed by atoms with E-state index < -0.39 is 29.6 Å². The molecule has 0 aromatic rings. The van der Waals surface area contributed by atoms with Gasteiger partial charge in [-0.3, -0.25) is 9.69 Å². The Hall–Kier alpha value is -1.79. The van der Waals surface area contributed by atoms with Crippen LogP contribution in [0.2, 0.25) is 0 Å². The molecule has 0 spiro atoms. The van der Waals surface area contributed by atoms with Crippen molar-refractivity contribution in [3.63, 3.8) is 0 Å². The van der Waals surface area contributed by atoms with Gasteiger partial charge in [0, 0.05) is 12.6 Å². The molecule has 0 aromatic carbocycles. The second-order valence-electron chi connectivity index (χ2n) is 6.89. The molecule has 2 rings (SSSR count). The van der Waals surface area contributed by atoms with Gasteiger partial charge in [0.15, 0.2) is 0 Å². The first-order valence-corrected chi connectivity index (χ1v) is 7.59. The van der Waals surface area contributed by atoms with Gasteiger partial charge in [-0.2, -0.15) is 0 Å². The van der Waals surface area contributed by atoms with Gasteiger partial charge in [-0.05, 0) is 40.0 Å². The van der Waals surface area contributed by atoms with Crippen LogP contribution in [0.4, 0.5) is 4.79 Å². The lowest BCUT2D eigenvalue weighted by molar-refractivity contribution is -0.145. The van der Waals surface area contributed by atoms with Gasteiger partial charge in [0.05, 0.1) is 13.0 Å². The van der Waals surface area contributed by atoms with E-state index in [1.807, 2.05) is 0 Å². The first-order chi connectivity index (χ1) is 10.2. The summed E-state index contributed by atoms with van der Waals surface area (Å²) in [4.78, 5) is 37.6. The van der Waals surface area contributed by atoms with Crippen LogP contribution >= 0.6 is 0 Å². The molecule has 0 radical (unpaired) electrons. The fraction of sp³-hybridized carbons (Fsp3) is 0.800. The molecule has 0 aromatic heterocycles. The quantitative estimate of drug-likeness (QED) is 0.788. The predicted octanol–water partition coefficient (Wildman–Crippen LogP) is 1.06. The minimum Gasteiger partial charge on any atom is -0.467 e. The van der Waals surface area contributed by atoms with E-state index in [0.29, 0.717) is 0 Å². The van der Waals surface area contributed by atoms with Crippen LogP contribution in [-0.4, -0.2) is 54.2 Å². The average molecular weight is 312 g/mol. The number of esters is 1. The zero-order valence-corrected chi connectivity index (χ0v) is 13.5. The topological polar surface area (TPSA) is 84.9 Å². The molecule has 22 heavy (non-hydrogen) atoms. The number of hydrogen-bond acceptors (Lipinski definition) is 5. The van der Waals surface area contributed by atoms with Gasteiger partial charge >= 0.3 is 12.1 Å². The molecule has 2 fully saturated rings. The molecule has 2 atom stereocenters. The largest absolute Gasteiger partial charge is 0.467 e. The number of carbonyl (C=O) groups is 3. The molecule has 7 nitrogen and oxygen atoms in total. The maximum absolute atomic E-state index is 12.3. The van der Waals surface area contributed by atoms with Crippen molar-refractivity contribution in [3.05, 3.63) is 0 Å². The summed E-state index contributed by atoms with van der Waals surface area (Å²) in [6, 6.07) is -0.519. The Kier molecular flexibility index (Phi) is 4.63. The van der Waals surface area contributed by atoms with Crippen molar-refractivity contribution in [1.29, 1.82) is 0 Å². The Balaban J connectivity index is 2.05. The van der Waals surface area contributed by atoms with Crippen molar-refractivity contribution in [1.82, 2.24) is 10.2 Å². The molecular formula is C15H24N2O5. The lowest BCUT2D eigenvalue weighted by Gasteiger charge is -2.27. The van der Waals surface area contributed by atoms with Gasteiger partial charge in [0.2, 0.25) is 5.91 Å². The first kappa shape index (κ1) is 16.6. The van der Waals surface area contributed by atoms with Crippen molar-refractivity contribution in [2.45, 2.75) is 57.7 Å². The maximum Gasteiger partial charge on any atom is 0.411 e. The molecular weight excluding hydrogens is 288 g/mol. The van der Waals surface area contributed by atoms with Gasteiger partial charge < -0.3 is 14.8 Å². The Bertz CT molecular complexity index is 467. The van der Waals surface area contributed by atoms with Crippen LogP contribution < -0.4 is 5.32 Å². The zero-order valence-electron chi connectivity index (χ0n) is 13.5. The highest BCUT2D eigenvalue weighted by Crippen LogP contribution is 2.28. The van der Waals surface area contributed by atoms with Crippen molar-refractivity contribution in [2.24, 2.45) is 5.92 Å². The number of carbonyl (C=O) groups excluding carboxylic acids is 3. The maximum atomic E-state index is 12.3. The van der Waals surface area contributed by atoms with E-state index in [2.05, 4.69) is 5.32 Å². The molecule has 1 N–H and O–H groups in total. The summed E-state index contributed by atoms with van der Waals surface area (Å²) < 4.78 is 10.1. The van der Waals surface area contributed by atoms with Crippen LogP contribution in [0.25, 0.3) is 0 Å². The molecule has 2 unspecified atom stereocenters. The summed E-state index contributed by atoms with van der Waals surface area (Å²) in [5.41, 5.74) is -0.661. The Morgan fingerprint density at radius 2 is 1.82 bits per heavy atom. The third-order valence-electron chi connectivity index (χ3n) is 3.70. The van der Waals surface area contributed by atoms with Gasteiger partial charge in [-0.15, -0.1) is 0 Å². The zero-order chi connectivity index (χ0) is 16.5. The number of amides is 2. The second-order valence-corrected chi connectivity index (χ2v) is 6.89. The average Bonchev–Trinajstić information content (AvgIpc) is 3.10. The van der Waals surface area contributed by atoms with E-state index in [-0.39, 0.29) is 24.9 Å². The predicted molar refractivity (Wildman–Crippen MR) is 78.0 cm³/mol. The Labute approximate surface area is 130 Å². The van der Waals surface area contributed by atoms with Crippen LogP contribution in [0.5, 0.6) is 0 Å². The minimum atomic E-state index is -0.769. The van der Waals surface area contributed by atoms with Gasteiger partial charge in [0.1, 0.15) is 11.6 Å². The van der Waals surface area contributed by atoms with Crippen molar-refractivity contribution in [3.8, 4) is 0 Å². The fourth-order valence-electron chi connectivity index (χ4n) is 2.45. The summed E-state index contributed by atoms with van der Waals surface area (Å²) in [5, 5.41) is 2.91. The molecule has 1 saturated heterocycles. The lowest BCUT2D eigenvalue weighted by atomic mass is 10.0. The smallest absolute Gasteiger partial charge is 0.411 e. The number of nitrogens with one attached hydrogen (secondary N) is 1. The van der Waals surface area contributed by atoms with Gasteiger partial charge in [-0.25, -0.2) is 9.59 Å². The number of likely N-dealkylation sites (tertiary alicyclic amines) is 1. The van der Waals surface area contributed by atoms with Crippen LogP contribution in [-0.2, 0) is 19.1 Å². The monoisotopic (exact) mass is 312 g/mol. The van der Waals surface area contributed by atoms with Gasteiger partial charge in [0.25, 0.3) is 0 Å². The highest BCUT2D eigenvalue weighted by molar-refractivity contribution is 5.86. The lowest BCUT2D eigenvalue weighted by Crippen LogP contribution is -2.44. The molecule has 7 heteroatoms. The molecule has 124 valence electrons. The first-order valence-electron chi connectivity index (χ1n) is 7.59. The Morgan fingerprint density at radius 3 is 2.32 bits per heavy atom. The van der Waals surface area contributed by atoms with E-state index in [1.54, 1.807) is 20.8 Å². The third-order valence-corrected chi connectivity index (χ3v) is 3.70. The van der Waals surface area contributed by atoms with Crippen LogP contribution in [0.1, 0.15) is 40.0 Å². The summed E-state index contributed by atoms with van der Waals surface area (Å²) in [5.74, 6) is -1.03. The molecule has 1 aliphatic carbocycles. The number of ether oxygens (including phenoxy) is 2. The van der Waals surface area contributed by atoms with E-state index in [4.69, 9.17) is 9.47 Å². The summed E-state index contributed by atoms with van der Waals surface area (Å²) in [6.07, 6.45) is 1.66. The highest BCUT2D eigenvalue weighted by Gasteiger charge is 2.45. The number of methoxy groups -OCH3 is 1. The number of rotatable bonds is 3. The summed E-state index contributed by atoms with van der Waals surface area (Å²) >= 11 is 0. The standard InChI is InChI=1S/C15H24N2O5/c1-15(2,3)22-14(20)17-8-9(7-11(17)13(19)21-4)12(18)16-10-5-6-10/h9-11H,5-8H2,1-4H3,(H,16,18). The number of nitrogens with zero attached hydrogens (tertiary/aromatic N) is 1. The van der Waals surface area contributed by atoms with E-state index in [9.17, 15) is 14.4 Å². The molecule has 0 bridgehead atoms. The fourth-order valence-corrected chi connectivity index (χ4v) is 2.45. The van der Waals surface area contributed by atoms with E-state index in [0.717, 1.165) is 12.8 Å². The van der Waals surface area contributed by atoms with E-state index >= 15 is 0 Å². The van der Waals surface area contributed by atoms with Crippen LogP contribution in [0.15, 0.2) is 0 Å². The van der Waals surface area contributed by atoms with Crippen LogP contribution in [0.3, 0.4) is 0 Å². The van der Waals surface area contributed by atoms with Crippen molar-refractivity contribution < 1.29 is 23.9 Å². The van der Waals surface area contributed by atoms with E-state index in [1.165, 1.54) is 12.0 Å². The number of hydrogen-bond donors (Lipinski definition) is 1. The third kappa shape index (κ3) is 4.11. The van der Waals surface area contributed by atoms with Crippen molar-refractivity contribution in [2.75, 3.05) is 13.7 Å². The van der Waals surface area contributed by atoms with Gasteiger partial charge in [-0.1, -0.05) is 0 Å². The summed E-state index contributed by atoms with van der Waals surface area (Å²) in [6.45, 7) is 5.44.